The Bertz CT molecular complexity index is 931. The van der Waals surface area contributed by atoms with Crippen molar-refractivity contribution >= 4 is 29.4 Å². The minimum atomic E-state index is -0.889. The highest BCUT2D eigenvalue weighted by Gasteiger charge is 2.32. The van der Waals surface area contributed by atoms with Gasteiger partial charge in [-0.2, -0.15) is 0 Å². The summed E-state index contributed by atoms with van der Waals surface area (Å²) in [6.07, 6.45) is 1.57. The van der Waals surface area contributed by atoms with Gasteiger partial charge in [0.05, 0.1) is 0 Å². The Morgan fingerprint density at radius 1 is 1.06 bits per heavy atom. The van der Waals surface area contributed by atoms with Crippen LogP contribution in [0.15, 0.2) is 53.4 Å². The lowest BCUT2D eigenvalue weighted by Crippen LogP contribution is -2.46. The predicted octanol–water partition coefficient (Wildman–Crippen LogP) is 4.20. The lowest BCUT2D eigenvalue weighted by atomic mass is 10.1. The van der Waals surface area contributed by atoms with Gasteiger partial charge in [0.25, 0.3) is 0 Å². The number of carboxylic acids is 1. The van der Waals surface area contributed by atoms with E-state index in [9.17, 15) is 14.7 Å². The van der Waals surface area contributed by atoms with Gasteiger partial charge in [-0.1, -0.05) is 24.3 Å². The van der Waals surface area contributed by atoms with Gasteiger partial charge in [0.2, 0.25) is 0 Å². The first-order chi connectivity index (χ1) is 14.7. The van der Waals surface area contributed by atoms with Crippen LogP contribution in [0.3, 0.4) is 0 Å². The molecular formula is C24H31N3O3S. The minimum absolute atomic E-state index is 0.0754. The average molecular weight is 442 g/mol. The Morgan fingerprint density at radius 3 is 2.39 bits per heavy atom. The third-order valence-corrected chi connectivity index (χ3v) is 6.67. The van der Waals surface area contributed by atoms with Crippen molar-refractivity contribution in [3.63, 3.8) is 0 Å². The van der Waals surface area contributed by atoms with Gasteiger partial charge in [0, 0.05) is 29.7 Å². The molecule has 2 N–H and O–H groups in total. The Hall–Kier alpha value is -2.51. The number of rotatable bonds is 8. The second-order valence-corrected chi connectivity index (χ2v) is 10.4. The molecule has 1 unspecified atom stereocenters. The number of benzene rings is 2. The number of para-hydroxylation sites is 1. The van der Waals surface area contributed by atoms with Crippen LogP contribution in [0.1, 0.15) is 25.0 Å². The van der Waals surface area contributed by atoms with Gasteiger partial charge in [-0.05, 0) is 76.2 Å². The Morgan fingerprint density at radius 2 is 1.74 bits per heavy atom. The highest BCUT2D eigenvalue weighted by molar-refractivity contribution is 8.01. The number of amides is 2. The van der Waals surface area contributed by atoms with Crippen LogP contribution in [-0.2, 0) is 17.6 Å². The lowest BCUT2D eigenvalue weighted by Gasteiger charge is -2.30. The van der Waals surface area contributed by atoms with E-state index in [1.54, 1.807) is 13.8 Å². The van der Waals surface area contributed by atoms with Crippen molar-refractivity contribution in [2.24, 2.45) is 0 Å². The molecule has 1 atom stereocenters. The highest BCUT2D eigenvalue weighted by atomic mass is 32.2. The zero-order valence-corrected chi connectivity index (χ0v) is 19.4. The van der Waals surface area contributed by atoms with Crippen LogP contribution in [0.2, 0.25) is 0 Å². The lowest BCUT2D eigenvalue weighted by molar-refractivity contribution is -0.138. The fourth-order valence-corrected chi connectivity index (χ4v) is 4.68. The van der Waals surface area contributed by atoms with Gasteiger partial charge in [0.15, 0.2) is 0 Å². The van der Waals surface area contributed by atoms with Crippen LogP contribution < -0.4 is 5.32 Å². The predicted molar refractivity (Wildman–Crippen MR) is 126 cm³/mol. The molecule has 0 aliphatic heterocycles. The number of hydrogen-bond acceptors (Lipinski definition) is 4. The SMILES string of the molecule is CN(C)CCN(C(=O)Nc1ccccc1)C1Cc2ccc(SC(C)(C)C(=O)O)cc2C1. The van der Waals surface area contributed by atoms with Gasteiger partial charge >= 0.3 is 12.0 Å². The normalized spacial score (nSPS) is 15.6. The van der Waals surface area contributed by atoms with Crippen molar-refractivity contribution in [3.8, 4) is 0 Å². The summed E-state index contributed by atoms with van der Waals surface area (Å²) in [5, 5.41) is 12.4. The Kier molecular flexibility index (Phi) is 7.28. The maximum atomic E-state index is 13.1. The number of carboxylic acid groups (broad SMARTS) is 1. The third kappa shape index (κ3) is 6.02. The largest absolute Gasteiger partial charge is 0.480 e. The van der Waals surface area contributed by atoms with E-state index < -0.39 is 10.7 Å². The van der Waals surface area contributed by atoms with Crippen LogP contribution in [0.5, 0.6) is 0 Å². The van der Waals surface area contributed by atoms with Crippen molar-refractivity contribution in [2.75, 3.05) is 32.5 Å². The number of carbonyl (C=O) groups is 2. The van der Waals surface area contributed by atoms with Crippen molar-refractivity contribution in [3.05, 3.63) is 59.7 Å². The molecule has 0 bridgehead atoms. The number of thioether (sulfide) groups is 1. The van der Waals surface area contributed by atoms with E-state index in [1.807, 2.05) is 55.4 Å². The molecule has 2 aromatic rings. The smallest absolute Gasteiger partial charge is 0.322 e. The quantitative estimate of drug-likeness (QED) is 0.601. The zero-order chi connectivity index (χ0) is 22.6. The molecule has 2 amide bonds. The molecule has 0 radical (unpaired) electrons. The fourth-order valence-electron chi connectivity index (χ4n) is 3.67. The summed E-state index contributed by atoms with van der Waals surface area (Å²) in [5.74, 6) is -0.830. The molecule has 0 aromatic heterocycles. The van der Waals surface area contributed by atoms with E-state index in [0.29, 0.717) is 6.54 Å². The Labute approximate surface area is 188 Å². The van der Waals surface area contributed by atoms with Gasteiger partial charge in [0.1, 0.15) is 4.75 Å². The van der Waals surface area contributed by atoms with Crippen molar-refractivity contribution in [1.82, 2.24) is 9.80 Å². The van der Waals surface area contributed by atoms with E-state index in [-0.39, 0.29) is 12.1 Å². The summed E-state index contributed by atoms with van der Waals surface area (Å²) in [6.45, 7) is 4.85. The van der Waals surface area contributed by atoms with E-state index in [2.05, 4.69) is 22.3 Å². The number of nitrogens with one attached hydrogen (secondary N) is 1. The van der Waals surface area contributed by atoms with Crippen molar-refractivity contribution < 1.29 is 14.7 Å². The van der Waals surface area contributed by atoms with Crippen molar-refractivity contribution in [1.29, 1.82) is 0 Å². The topological polar surface area (TPSA) is 72.9 Å². The molecule has 1 aliphatic rings. The monoisotopic (exact) mass is 441 g/mol. The molecule has 0 fully saturated rings. The summed E-state index contributed by atoms with van der Waals surface area (Å²) in [7, 11) is 4.01. The summed E-state index contributed by atoms with van der Waals surface area (Å²) in [4.78, 5) is 29.5. The van der Waals surface area contributed by atoms with Crippen molar-refractivity contribution in [2.45, 2.75) is 42.4 Å². The first-order valence-corrected chi connectivity index (χ1v) is 11.3. The van der Waals surface area contributed by atoms with Gasteiger partial charge in [-0.25, -0.2) is 4.79 Å². The average Bonchev–Trinajstić information content (AvgIpc) is 3.11. The maximum absolute atomic E-state index is 13.1. The van der Waals surface area contributed by atoms with E-state index >= 15 is 0 Å². The second kappa shape index (κ2) is 9.75. The minimum Gasteiger partial charge on any atom is -0.480 e. The molecule has 3 rings (SSSR count). The van der Waals surface area contributed by atoms with E-state index in [1.165, 1.54) is 22.9 Å². The summed E-state index contributed by atoms with van der Waals surface area (Å²) in [6, 6.07) is 15.7. The number of likely N-dealkylation sites (N-methyl/N-ethyl adjacent to an activating group) is 1. The fraction of sp³-hybridized carbons (Fsp3) is 0.417. The Balaban J connectivity index is 1.75. The van der Waals surface area contributed by atoms with Crippen LogP contribution in [0.4, 0.5) is 10.5 Å². The van der Waals surface area contributed by atoms with E-state index in [4.69, 9.17) is 0 Å². The first-order valence-electron chi connectivity index (χ1n) is 10.5. The molecule has 7 heteroatoms. The second-order valence-electron chi connectivity index (χ2n) is 8.70. The number of fused-ring (bicyclic) bond motifs is 1. The molecular weight excluding hydrogens is 410 g/mol. The number of anilines is 1. The third-order valence-electron chi connectivity index (χ3n) is 5.49. The number of carbonyl (C=O) groups excluding carboxylic acids is 1. The molecule has 6 nitrogen and oxygen atoms in total. The van der Waals surface area contributed by atoms with Gasteiger partial charge in [-0.3, -0.25) is 4.79 Å². The van der Waals surface area contributed by atoms with Crippen LogP contribution >= 0.6 is 11.8 Å². The molecule has 31 heavy (non-hydrogen) atoms. The maximum Gasteiger partial charge on any atom is 0.322 e. The number of nitrogens with zero attached hydrogens (tertiary/aromatic N) is 2. The van der Waals surface area contributed by atoms with Crippen LogP contribution in [0, 0.1) is 0 Å². The van der Waals surface area contributed by atoms with E-state index in [0.717, 1.165) is 30.0 Å². The molecule has 0 saturated heterocycles. The summed E-state index contributed by atoms with van der Waals surface area (Å²) in [5.41, 5.74) is 3.20. The van der Waals surface area contributed by atoms with Gasteiger partial charge < -0.3 is 20.2 Å². The molecule has 2 aromatic carbocycles. The molecule has 0 saturated carbocycles. The standard InChI is InChI=1S/C24H31N3O3S/c1-24(2,22(28)29)31-21-11-10-17-14-20(15-18(17)16-21)27(13-12-26(3)4)23(30)25-19-8-6-5-7-9-19/h5-11,16,20H,12-15H2,1-4H3,(H,25,30)(H,28,29). The number of urea groups is 1. The van der Waals surface area contributed by atoms with Crippen LogP contribution in [0.25, 0.3) is 0 Å². The number of aliphatic carboxylic acids is 1. The molecule has 1 aliphatic carbocycles. The summed E-state index contributed by atoms with van der Waals surface area (Å²) >= 11 is 1.35. The molecule has 166 valence electrons. The van der Waals surface area contributed by atoms with Crippen LogP contribution in [-0.4, -0.2) is 64.9 Å². The van der Waals surface area contributed by atoms with Gasteiger partial charge in [-0.15, -0.1) is 11.8 Å². The molecule has 0 heterocycles. The summed E-state index contributed by atoms with van der Waals surface area (Å²) < 4.78 is -0.889. The molecule has 0 spiro atoms. The highest BCUT2D eigenvalue weighted by Crippen LogP contribution is 2.36. The first kappa shape index (κ1) is 23.2. The zero-order valence-electron chi connectivity index (χ0n) is 18.6. The number of hydrogen-bond donors (Lipinski definition) is 2.